The van der Waals surface area contributed by atoms with Crippen molar-refractivity contribution in [3.8, 4) is 0 Å². The molecule has 0 aliphatic rings. The molecule has 0 fully saturated rings. The Hall–Kier alpha value is -2.91. The minimum Gasteiger partial charge on any atom is -0.481 e. The second-order valence-electron chi connectivity index (χ2n) is 7.46. The summed E-state index contributed by atoms with van der Waals surface area (Å²) in [7, 11) is 0. The van der Waals surface area contributed by atoms with E-state index in [1.165, 1.54) is 11.8 Å². The number of amides is 4. The summed E-state index contributed by atoms with van der Waals surface area (Å²) in [6, 6.07) is -5.38. The van der Waals surface area contributed by atoms with E-state index >= 15 is 0 Å². The zero-order chi connectivity index (χ0) is 26.3. The van der Waals surface area contributed by atoms with Crippen molar-refractivity contribution in [2.45, 2.75) is 62.7 Å². The molecule has 0 heterocycles. The summed E-state index contributed by atoms with van der Waals surface area (Å²) in [5.41, 5.74) is 16.4. The zero-order valence-corrected chi connectivity index (χ0v) is 19.8. The molecule has 0 bridgehead atoms. The highest BCUT2D eigenvalue weighted by Crippen LogP contribution is 2.06. The zero-order valence-electron chi connectivity index (χ0n) is 19.0. The lowest BCUT2D eigenvalue weighted by molar-refractivity contribution is -0.147. The minimum absolute atomic E-state index is 0.158. The summed E-state index contributed by atoms with van der Waals surface area (Å²) >= 11 is 1.50. The van der Waals surface area contributed by atoms with Crippen LogP contribution in [0.25, 0.3) is 0 Å². The average Bonchev–Trinajstić information content (AvgIpc) is 2.74. The molecular formula is C19H34N6O8S. The number of carboxylic acid groups (broad SMARTS) is 2. The molecule has 0 spiro atoms. The molecule has 11 N–H and O–H groups in total. The van der Waals surface area contributed by atoms with Crippen LogP contribution < -0.4 is 33.2 Å². The van der Waals surface area contributed by atoms with Crippen LogP contribution in [0.2, 0.25) is 0 Å². The van der Waals surface area contributed by atoms with Gasteiger partial charge in [0.15, 0.2) is 0 Å². The Morgan fingerprint density at radius 2 is 1.38 bits per heavy atom. The third-order valence-corrected chi connectivity index (χ3v) is 5.23. The molecular weight excluding hydrogens is 472 g/mol. The number of rotatable bonds is 18. The third kappa shape index (κ3) is 13.0. The Morgan fingerprint density at radius 3 is 1.88 bits per heavy atom. The van der Waals surface area contributed by atoms with Crippen LogP contribution in [0.5, 0.6) is 0 Å². The molecule has 194 valence electrons. The van der Waals surface area contributed by atoms with E-state index in [1.807, 2.05) is 11.6 Å². The Morgan fingerprint density at radius 1 is 0.824 bits per heavy atom. The van der Waals surface area contributed by atoms with E-state index in [2.05, 4.69) is 10.6 Å². The van der Waals surface area contributed by atoms with E-state index < -0.39 is 72.6 Å². The number of hydrogen-bond donors (Lipinski definition) is 8. The normalized spacial score (nSPS) is 14.2. The van der Waals surface area contributed by atoms with Crippen LogP contribution in [0.4, 0.5) is 0 Å². The summed E-state index contributed by atoms with van der Waals surface area (Å²) < 4.78 is 0. The Bertz CT molecular complexity index is 738. The number of hydrogen-bond acceptors (Lipinski definition) is 9. The number of primary amides is 1. The number of nitrogens with one attached hydrogen (secondary N) is 3. The first kappa shape index (κ1) is 31.1. The molecule has 0 aromatic heterocycles. The highest BCUT2D eigenvalue weighted by Gasteiger charge is 2.31. The number of carbonyl (C=O) groups is 6. The molecule has 0 saturated carbocycles. The van der Waals surface area contributed by atoms with Crippen molar-refractivity contribution in [2.75, 3.05) is 18.6 Å². The first-order chi connectivity index (χ1) is 15.9. The number of unbranched alkanes of at least 4 members (excludes halogenated alkanes) is 1. The second kappa shape index (κ2) is 16.7. The molecule has 14 nitrogen and oxygen atoms in total. The van der Waals surface area contributed by atoms with E-state index in [9.17, 15) is 28.8 Å². The molecule has 0 aliphatic carbocycles. The van der Waals surface area contributed by atoms with Gasteiger partial charge in [-0.15, -0.1) is 0 Å². The van der Waals surface area contributed by atoms with Gasteiger partial charge >= 0.3 is 11.9 Å². The maximum Gasteiger partial charge on any atom is 0.326 e. The lowest BCUT2D eigenvalue weighted by atomic mass is 10.1. The van der Waals surface area contributed by atoms with Crippen LogP contribution in [0, 0.1) is 0 Å². The maximum absolute atomic E-state index is 12.9. The predicted octanol–water partition coefficient (Wildman–Crippen LogP) is -2.92. The van der Waals surface area contributed by atoms with Gasteiger partial charge in [-0.25, -0.2) is 4.79 Å². The van der Waals surface area contributed by atoms with Crippen molar-refractivity contribution < 1.29 is 39.0 Å². The summed E-state index contributed by atoms with van der Waals surface area (Å²) in [5.74, 6) is -5.98. The van der Waals surface area contributed by atoms with Gasteiger partial charge in [0, 0.05) is 0 Å². The summed E-state index contributed by atoms with van der Waals surface area (Å²) in [6.45, 7) is 0.350. The summed E-state index contributed by atoms with van der Waals surface area (Å²) in [5, 5.41) is 24.7. The number of aliphatic carboxylic acids is 2. The van der Waals surface area contributed by atoms with E-state index in [-0.39, 0.29) is 6.42 Å². The van der Waals surface area contributed by atoms with Gasteiger partial charge in [0.25, 0.3) is 0 Å². The number of carboxylic acids is 2. The quantitative estimate of drug-likeness (QED) is 0.0873. The first-order valence-corrected chi connectivity index (χ1v) is 11.9. The van der Waals surface area contributed by atoms with E-state index in [0.29, 0.717) is 31.6 Å². The van der Waals surface area contributed by atoms with Gasteiger partial charge in [-0.1, -0.05) is 0 Å². The van der Waals surface area contributed by atoms with Gasteiger partial charge in [0.05, 0.1) is 18.9 Å². The van der Waals surface area contributed by atoms with Crippen LogP contribution in [0.15, 0.2) is 0 Å². The van der Waals surface area contributed by atoms with Crippen LogP contribution >= 0.6 is 11.8 Å². The van der Waals surface area contributed by atoms with E-state index in [0.717, 1.165) is 0 Å². The molecule has 0 saturated heterocycles. The maximum atomic E-state index is 12.9. The Kier molecular flexibility index (Phi) is 15.2. The van der Waals surface area contributed by atoms with Crippen LogP contribution in [0.3, 0.4) is 0 Å². The molecule has 0 aromatic rings. The SMILES string of the molecule is CSCCC(N)C(=O)NC(CCCCN)C(=O)NC(CC(N)=O)C(=O)NC(CC(=O)O)C(=O)O. The van der Waals surface area contributed by atoms with Crippen LogP contribution in [-0.4, -0.2) is 88.5 Å². The van der Waals surface area contributed by atoms with Crippen LogP contribution in [-0.2, 0) is 28.8 Å². The van der Waals surface area contributed by atoms with Crippen molar-refractivity contribution in [1.29, 1.82) is 0 Å². The van der Waals surface area contributed by atoms with E-state index in [1.54, 1.807) is 0 Å². The topological polar surface area (TPSA) is 257 Å². The monoisotopic (exact) mass is 506 g/mol. The Labute approximate surface area is 201 Å². The van der Waals surface area contributed by atoms with E-state index in [4.69, 9.17) is 27.4 Å². The highest BCUT2D eigenvalue weighted by molar-refractivity contribution is 7.98. The van der Waals surface area contributed by atoms with Gasteiger partial charge in [-0.05, 0) is 44.2 Å². The van der Waals surface area contributed by atoms with Gasteiger partial charge in [-0.3, -0.25) is 24.0 Å². The van der Waals surface area contributed by atoms with Crippen molar-refractivity contribution in [3.05, 3.63) is 0 Å². The molecule has 0 radical (unpaired) electrons. The first-order valence-electron chi connectivity index (χ1n) is 10.5. The smallest absolute Gasteiger partial charge is 0.326 e. The predicted molar refractivity (Wildman–Crippen MR) is 123 cm³/mol. The molecule has 15 heteroatoms. The fourth-order valence-electron chi connectivity index (χ4n) is 2.75. The van der Waals surface area contributed by atoms with Crippen molar-refractivity contribution in [3.63, 3.8) is 0 Å². The van der Waals surface area contributed by atoms with Crippen LogP contribution in [0.1, 0.15) is 38.5 Å². The van der Waals surface area contributed by atoms with Gasteiger partial charge in [-0.2, -0.15) is 11.8 Å². The molecule has 34 heavy (non-hydrogen) atoms. The standard InChI is InChI=1S/C19H34N6O8S/c1-34-7-5-10(21)16(29)23-11(4-2-3-6-20)17(30)24-12(8-14(22)26)18(31)25-13(19(32)33)9-15(27)28/h10-13H,2-9,20-21H2,1H3,(H2,22,26)(H,23,29)(H,24,30)(H,25,31)(H,27,28)(H,32,33). The average molecular weight is 507 g/mol. The third-order valence-electron chi connectivity index (χ3n) is 4.58. The summed E-state index contributed by atoms with van der Waals surface area (Å²) in [6.07, 6.45) is 1.78. The molecule has 0 aromatic carbocycles. The highest BCUT2D eigenvalue weighted by atomic mass is 32.2. The molecule has 4 unspecified atom stereocenters. The molecule has 0 rings (SSSR count). The van der Waals surface area contributed by atoms with Crippen molar-refractivity contribution in [1.82, 2.24) is 16.0 Å². The number of carbonyl (C=O) groups excluding carboxylic acids is 4. The fraction of sp³-hybridized carbons (Fsp3) is 0.684. The van der Waals surface area contributed by atoms with Crippen molar-refractivity contribution >= 4 is 47.3 Å². The second-order valence-corrected chi connectivity index (χ2v) is 8.45. The molecule has 4 amide bonds. The molecule has 0 aliphatic heterocycles. The lowest BCUT2D eigenvalue weighted by Crippen LogP contribution is -2.58. The minimum atomic E-state index is -1.80. The summed E-state index contributed by atoms with van der Waals surface area (Å²) in [4.78, 5) is 71.3. The van der Waals surface area contributed by atoms with Gasteiger partial charge in [0.1, 0.15) is 18.1 Å². The van der Waals surface area contributed by atoms with Gasteiger partial charge in [0.2, 0.25) is 23.6 Å². The largest absolute Gasteiger partial charge is 0.481 e. The number of thioether (sulfide) groups is 1. The van der Waals surface area contributed by atoms with Crippen molar-refractivity contribution in [2.24, 2.45) is 17.2 Å². The van der Waals surface area contributed by atoms with Gasteiger partial charge < -0.3 is 43.4 Å². The molecule has 4 atom stereocenters. The lowest BCUT2D eigenvalue weighted by Gasteiger charge is -2.24. The number of nitrogens with two attached hydrogens (primary N) is 3. The Balaban J connectivity index is 5.50. The fourth-order valence-corrected chi connectivity index (χ4v) is 3.24.